The molecule has 21 heavy (non-hydrogen) atoms. The smallest absolute Gasteiger partial charge is 0.395 e. The number of rotatable bonds is 7. The molecule has 0 amide bonds. The Balaban J connectivity index is 3.04. The van der Waals surface area contributed by atoms with Gasteiger partial charge in [0.15, 0.2) is 0 Å². The Morgan fingerprint density at radius 3 is 2.24 bits per heavy atom. The molecule has 2 N–H and O–H groups in total. The van der Waals surface area contributed by atoms with Crippen molar-refractivity contribution in [1.82, 2.24) is 4.31 Å². The molecule has 0 saturated carbocycles. The van der Waals surface area contributed by atoms with Gasteiger partial charge in [-0.2, -0.15) is 17.5 Å². The van der Waals surface area contributed by atoms with Crippen LogP contribution in [0.5, 0.6) is 0 Å². The summed E-state index contributed by atoms with van der Waals surface area (Å²) in [6.07, 6.45) is -4.67. The van der Waals surface area contributed by atoms with Crippen molar-refractivity contribution in [2.24, 2.45) is 0 Å². The van der Waals surface area contributed by atoms with E-state index in [0.29, 0.717) is 12.2 Å². The Labute approximate surface area is 121 Å². The highest BCUT2D eigenvalue weighted by Crippen LogP contribution is 2.23. The molecule has 0 heterocycles. The molecule has 0 aromatic heterocycles. The van der Waals surface area contributed by atoms with E-state index < -0.39 is 35.9 Å². The monoisotopic (exact) mass is 326 g/mol. The molecule has 5 nitrogen and oxygen atoms in total. The molecule has 0 aliphatic heterocycles. The van der Waals surface area contributed by atoms with E-state index in [-0.39, 0.29) is 9.20 Å². The number of aliphatic hydroxyl groups is 1. The maximum absolute atomic E-state index is 12.4. The lowest BCUT2D eigenvalue weighted by molar-refractivity contribution is -0.136. The van der Waals surface area contributed by atoms with Gasteiger partial charge in [0.2, 0.25) is 10.0 Å². The first kappa shape index (κ1) is 17.7. The third kappa shape index (κ3) is 5.18. The lowest BCUT2D eigenvalue weighted by Crippen LogP contribution is -2.40. The molecule has 0 spiro atoms. The van der Waals surface area contributed by atoms with E-state index in [1.165, 1.54) is 24.3 Å². The Bertz CT molecular complexity index is 544. The van der Waals surface area contributed by atoms with Crippen LogP contribution in [0.25, 0.3) is 0 Å². The molecule has 0 bridgehead atoms. The number of hydrogen-bond donors (Lipinski definition) is 2. The van der Waals surface area contributed by atoms with E-state index in [1.54, 1.807) is 0 Å². The number of benzene rings is 1. The molecule has 0 fully saturated rings. The zero-order valence-corrected chi connectivity index (χ0v) is 12.2. The normalized spacial score (nSPS) is 12.7. The lowest BCUT2D eigenvalue weighted by Gasteiger charge is -2.22. The molecular formula is C12H17F3N2O3S. The first-order chi connectivity index (χ1) is 9.70. The fourth-order valence-electron chi connectivity index (χ4n) is 1.69. The van der Waals surface area contributed by atoms with E-state index in [0.717, 1.165) is 0 Å². The molecular weight excluding hydrogens is 309 g/mol. The fraction of sp³-hybridized carbons (Fsp3) is 0.500. The van der Waals surface area contributed by atoms with Crippen LogP contribution < -0.4 is 5.32 Å². The lowest BCUT2D eigenvalue weighted by atomic mass is 10.3. The zero-order chi connectivity index (χ0) is 16.1. The van der Waals surface area contributed by atoms with Crippen LogP contribution >= 0.6 is 0 Å². The number of sulfonamides is 1. The summed E-state index contributed by atoms with van der Waals surface area (Å²) < 4.78 is 61.9. The third-order valence-corrected chi connectivity index (χ3v) is 4.44. The van der Waals surface area contributed by atoms with Crippen LogP contribution in [-0.2, 0) is 10.0 Å². The summed E-state index contributed by atoms with van der Waals surface area (Å²) in [6, 6.07) is 5.41. The molecule has 0 aliphatic rings. The Hall–Kier alpha value is -1.32. The summed E-state index contributed by atoms with van der Waals surface area (Å²) in [6.45, 7) is -0.444. The number of halogens is 3. The van der Waals surface area contributed by atoms with Crippen LogP contribution in [0.1, 0.15) is 6.92 Å². The minimum atomic E-state index is -4.67. The Morgan fingerprint density at radius 2 is 1.81 bits per heavy atom. The molecule has 1 aromatic carbocycles. The molecule has 1 rings (SSSR count). The number of aliphatic hydroxyl groups excluding tert-OH is 1. The Kier molecular flexibility index (Phi) is 5.99. The number of nitrogens with zero attached hydrogens (tertiary/aromatic N) is 1. The van der Waals surface area contributed by atoms with Crippen molar-refractivity contribution in [3.05, 3.63) is 24.3 Å². The van der Waals surface area contributed by atoms with Gasteiger partial charge in [-0.05, 0) is 31.2 Å². The predicted molar refractivity (Wildman–Crippen MR) is 72.5 cm³/mol. The third-order valence-electron chi connectivity index (χ3n) is 2.58. The molecule has 0 saturated heterocycles. The summed E-state index contributed by atoms with van der Waals surface area (Å²) >= 11 is 0. The second-order valence-electron chi connectivity index (χ2n) is 4.23. The van der Waals surface area contributed by atoms with Gasteiger partial charge in [0.1, 0.15) is 6.54 Å². The average molecular weight is 326 g/mol. The van der Waals surface area contributed by atoms with Crippen molar-refractivity contribution < 1.29 is 26.7 Å². The number of anilines is 1. The fourth-order valence-corrected chi connectivity index (χ4v) is 3.11. The van der Waals surface area contributed by atoms with Crippen LogP contribution in [0.4, 0.5) is 18.9 Å². The van der Waals surface area contributed by atoms with E-state index >= 15 is 0 Å². The van der Waals surface area contributed by atoms with Gasteiger partial charge in [0.05, 0.1) is 11.5 Å². The van der Waals surface area contributed by atoms with Crippen molar-refractivity contribution in [1.29, 1.82) is 0 Å². The van der Waals surface area contributed by atoms with Gasteiger partial charge in [0.25, 0.3) is 0 Å². The van der Waals surface area contributed by atoms with E-state index in [1.807, 2.05) is 6.92 Å². The van der Waals surface area contributed by atoms with Gasteiger partial charge in [-0.3, -0.25) is 0 Å². The largest absolute Gasteiger partial charge is 0.402 e. The van der Waals surface area contributed by atoms with Crippen LogP contribution in [0, 0.1) is 0 Å². The second-order valence-corrected chi connectivity index (χ2v) is 6.17. The topological polar surface area (TPSA) is 69.6 Å². The molecule has 0 unspecified atom stereocenters. The van der Waals surface area contributed by atoms with Gasteiger partial charge >= 0.3 is 6.18 Å². The second kappa shape index (κ2) is 7.10. The van der Waals surface area contributed by atoms with E-state index in [4.69, 9.17) is 5.11 Å². The molecule has 9 heteroatoms. The minimum Gasteiger partial charge on any atom is -0.395 e. The highest BCUT2D eigenvalue weighted by molar-refractivity contribution is 7.89. The summed E-state index contributed by atoms with van der Waals surface area (Å²) in [7, 11) is -4.30. The van der Waals surface area contributed by atoms with E-state index in [2.05, 4.69) is 5.32 Å². The van der Waals surface area contributed by atoms with Crippen LogP contribution in [0.2, 0.25) is 0 Å². The van der Waals surface area contributed by atoms with Crippen molar-refractivity contribution in [2.75, 3.05) is 31.6 Å². The maximum atomic E-state index is 12.4. The van der Waals surface area contributed by atoms with Crippen molar-refractivity contribution in [3.8, 4) is 0 Å². The van der Waals surface area contributed by atoms with Crippen molar-refractivity contribution in [2.45, 2.75) is 18.0 Å². The number of nitrogens with one attached hydrogen (secondary N) is 1. The van der Waals surface area contributed by atoms with Gasteiger partial charge in [-0.15, -0.1) is 0 Å². The summed E-state index contributed by atoms with van der Waals surface area (Å²) in [5.74, 6) is 0. The summed E-state index contributed by atoms with van der Waals surface area (Å²) in [5.41, 5.74) is 0.668. The molecule has 0 radical (unpaired) electrons. The number of hydrogen-bond acceptors (Lipinski definition) is 4. The van der Waals surface area contributed by atoms with Crippen LogP contribution in [0.15, 0.2) is 29.2 Å². The van der Waals surface area contributed by atoms with Crippen molar-refractivity contribution >= 4 is 15.7 Å². The number of alkyl halides is 3. The SMILES string of the molecule is CCNc1ccc(S(=O)(=O)N(CCO)CC(F)(F)F)cc1. The predicted octanol–water partition coefficient (Wildman–Crippen LogP) is 1.66. The van der Waals surface area contributed by atoms with Crippen LogP contribution in [-0.4, -0.2) is 50.2 Å². The first-order valence-corrected chi connectivity index (χ1v) is 7.66. The molecule has 120 valence electrons. The van der Waals surface area contributed by atoms with Crippen molar-refractivity contribution in [3.63, 3.8) is 0 Å². The van der Waals surface area contributed by atoms with Gasteiger partial charge in [0, 0.05) is 18.8 Å². The highest BCUT2D eigenvalue weighted by atomic mass is 32.2. The van der Waals surface area contributed by atoms with Gasteiger partial charge in [-0.1, -0.05) is 0 Å². The molecule has 1 aromatic rings. The quantitative estimate of drug-likeness (QED) is 0.800. The van der Waals surface area contributed by atoms with Gasteiger partial charge < -0.3 is 10.4 Å². The van der Waals surface area contributed by atoms with E-state index in [9.17, 15) is 21.6 Å². The standard InChI is InChI=1S/C12H17F3N2O3S/c1-2-16-10-3-5-11(6-4-10)21(19,20)17(7-8-18)9-12(13,14)15/h3-6,16,18H,2,7-9H2,1H3. The van der Waals surface area contributed by atoms with Gasteiger partial charge in [-0.25, -0.2) is 8.42 Å². The molecule has 0 aliphatic carbocycles. The zero-order valence-electron chi connectivity index (χ0n) is 11.4. The molecule has 0 atom stereocenters. The minimum absolute atomic E-state index is 0.218. The Morgan fingerprint density at radius 1 is 1.24 bits per heavy atom. The first-order valence-electron chi connectivity index (χ1n) is 6.22. The highest BCUT2D eigenvalue weighted by Gasteiger charge is 2.36. The maximum Gasteiger partial charge on any atom is 0.402 e. The summed E-state index contributed by atoms with van der Waals surface area (Å²) in [4.78, 5) is -0.248. The summed E-state index contributed by atoms with van der Waals surface area (Å²) in [5, 5.41) is 11.7. The average Bonchev–Trinajstić information content (AvgIpc) is 2.38. The van der Waals surface area contributed by atoms with Crippen LogP contribution in [0.3, 0.4) is 0 Å².